The molecule has 2 aliphatic rings. The molecule has 1 saturated carbocycles. The first-order chi connectivity index (χ1) is 12.8. The molecule has 4 N–H and O–H groups in total. The number of carboxylic acids is 2. The molecular formula is C18H20N2O7. The van der Waals surface area contributed by atoms with Gasteiger partial charge in [-0.1, -0.05) is 12.8 Å². The summed E-state index contributed by atoms with van der Waals surface area (Å²) in [5.41, 5.74) is -1.40. The first-order valence-corrected chi connectivity index (χ1v) is 8.68. The van der Waals surface area contributed by atoms with Crippen LogP contribution in [0.5, 0.6) is 5.75 Å². The van der Waals surface area contributed by atoms with Crippen LogP contribution in [0.25, 0.3) is 0 Å². The summed E-state index contributed by atoms with van der Waals surface area (Å²) >= 11 is 0. The molecular weight excluding hydrogens is 356 g/mol. The molecule has 1 spiro atoms. The molecule has 2 unspecified atom stereocenters. The number of hydrogen-bond acceptors (Lipinski definition) is 5. The smallest absolute Gasteiger partial charge is 0.336 e. The van der Waals surface area contributed by atoms with Crippen LogP contribution in [0, 0.1) is 5.92 Å². The number of carboxylic acid groups (broad SMARTS) is 2. The predicted octanol–water partition coefficient (Wildman–Crippen LogP) is 0.676. The van der Waals surface area contributed by atoms with Crippen molar-refractivity contribution in [1.82, 2.24) is 10.2 Å². The first-order valence-electron chi connectivity index (χ1n) is 8.68. The van der Waals surface area contributed by atoms with Crippen LogP contribution in [0.1, 0.15) is 46.4 Å². The summed E-state index contributed by atoms with van der Waals surface area (Å²) in [4.78, 5) is 48.7. The Morgan fingerprint density at radius 2 is 1.93 bits per heavy atom. The van der Waals surface area contributed by atoms with Crippen LogP contribution in [-0.2, 0) is 9.59 Å². The van der Waals surface area contributed by atoms with Crippen molar-refractivity contribution in [3.05, 3.63) is 29.3 Å². The number of phenols is 1. The van der Waals surface area contributed by atoms with Crippen molar-refractivity contribution in [2.24, 2.45) is 5.92 Å². The predicted molar refractivity (Wildman–Crippen MR) is 91.4 cm³/mol. The average Bonchev–Trinajstić information content (AvgIpc) is 3.16. The number of benzene rings is 1. The normalized spacial score (nSPS) is 23.9. The summed E-state index contributed by atoms with van der Waals surface area (Å²) in [6, 6.07) is 3.37. The summed E-state index contributed by atoms with van der Waals surface area (Å²) in [5.74, 6) is -4.17. The maximum atomic E-state index is 12.3. The SMILES string of the molecule is O=C(O)c1ccc(O)cc1C(=O)NCCN1C(=O)C12CCCCC2C(=O)O. The summed E-state index contributed by atoms with van der Waals surface area (Å²) in [7, 11) is 0. The van der Waals surface area contributed by atoms with Crippen molar-refractivity contribution >= 4 is 23.8 Å². The number of nitrogens with one attached hydrogen (secondary N) is 1. The summed E-state index contributed by atoms with van der Waals surface area (Å²) in [5, 5.41) is 30.6. The highest BCUT2D eigenvalue weighted by molar-refractivity contribution is 6.06. The molecule has 1 saturated heterocycles. The Bertz CT molecular complexity index is 822. The Balaban J connectivity index is 1.63. The van der Waals surface area contributed by atoms with E-state index in [1.165, 1.54) is 11.0 Å². The highest BCUT2D eigenvalue weighted by Gasteiger charge is 2.68. The Labute approximate surface area is 154 Å². The molecule has 1 aliphatic carbocycles. The first kappa shape index (κ1) is 18.7. The fraction of sp³-hybridized carbons (Fsp3) is 0.444. The Kier molecular flexibility index (Phi) is 4.77. The van der Waals surface area contributed by atoms with E-state index in [2.05, 4.69) is 5.32 Å². The third-order valence-electron chi connectivity index (χ3n) is 5.32. The number of hydrogen-bond donors (Lipinski definition) is 4. The molecule has 0 radical (unpaired) electrons. The lowest BCUT2D eigenvalue weighted by atomic mass is 9.78. The van der Waals surface area contributed by atoms with Gasteiger partial charge < -0.3 is 25.5 Å². The van der Waals surface area contributed by atoms with E-state index in [1.54, 1.807) is 0 Å². The second kappa shape index (κ2) is 6.90. The number of phenolic OH excluding ortho intramolecular Hbond substituents is 1. The molecule has 27 heavy (non-hydrogen) atoms. The van der Waals surface area contributed by atoms with Crippen LogP contribution < -0.4 is 5.32 Å². The van der Waals surface area contributed by atoms with Gasteiger partial charge in [0, 0.05) is 13.1 Å². The van der Waals surface area contributed by atoms with Gasteiger partial charge >= 0.3 is 11.9 Å². The number of aromatic hydroxyl groups is 1. The van der Waals surface area contributed by atoms with E-state index < -0.39 is 29.3 Å². The largest absolute Gasteiger partial charge is 0.508 e. The number of aromatic carboxylic acids is 1. The lowest BCUT2D eigenvalue weighted by Gasteiger charge is -2.27. The summed E-state index contributed by atoms with van der Waals surface area (Å²) in [6.45, 7) is 0.197. The van der Waals surface area contributed by atoms with Crippen LogP contribution in [0.2, 0.25) is 0 Å². The molecule has 1 aromatic carbocycles. The number of carbonyl (C=O) groups excluding carboxylic acids is 2. The fourth-order valence-corrected chi connectivity index (χ4v) is 3.97. The molecule has 1 aromatic rings. The van der Waals surface area contributed by atoms with E-state index in [0.29, 0.717) is 12.8 Å². The van der Waals surface area contributed by atoms with Gasteiger partial charge in [-0.25, -0.2) is 4.79 Å². The molecule has 144 valence electrons. The zero-order valence-corrected chi connectivity index (χ0v) is 14.5. The lowest BCUT2D eigenvalue weighted by molar-refractivity contribution is -0.145. The quantitative estimate of drug-likeness (QED) is 0.534. The van der Waals surface area contributed by atoms with Crippen molar-refractivity contribution in [1.29, 1.82) is 0 Å². The minimum atomic E-state index is -1.30. The van der Waals surface area contributed by atoms with Crippen molar-refractivity contribution in [3.63, 3.8) is 0 Å². The molecule has 2 fully saturated rings. The second-order valence-electron chi connectivity index (χ2n) is 6.81. The van der Waals surface area contributed by atoms with Gasteiger partial charge in [0.25, 0.3) is 5.91 Å². The zero-order valence-electron chi connectivity index (χ0n) is 14.5. The maximum absolute atomic E-state index is 12.3. The van der Waals surface area contributed by atoms with E-state index >= 15 is 0 Å². The maximum Gasteiger partial charge on any atom is 0.336 e. The standard InChI is InChI=1S/C18H20N2O7/c21-10-4-5-11(15(23)24)12(9-10)14(22)19-7-8-20-17(27)18(20)6-2-1-3-13(18)16(25)26/h4-5,9,13,21H,1-3,6-8H2,(H,19,22)(H,23,24)(H,25,26). The average molecular weight is 376 g/mol. The van der Waals surface area contributed by atoms with Gasteiger partial charge in [-0.05, 0) is 31.0 Å². The number of aliphatic carboxylic acids is 1. The van der Waals surface area contributed by atoms with E-state index in [0.717, 1.165) is 25.0 Å². The highest BCUT2D eigenvalue weighted by Crippen LogP contribution is 2.49. The molecule has 1 heterocycles. The Morgan fingerprint density at radius 1 is 1.19 bits per heavy atom. The topological polar surface area (TPSA) is 144 Å². The molecule has 9 nitrogen and oxygen atoms in total. The van der Waals surface area contributed by atoms with Gasteiger partial charge in [-0.3, -0.25) is 14.4 Å². The zero-order chi connectivity index (χ0) is 19.8. The van der Waals surface area contributed by atoms with E-state index in [-0.39, 0.29) is 35.9 Å². The summed E-state index contributed by atoms with van der Waals surface area (Å²) < 4.78 is 0. The van der Waals surface area contributed by atoms with E-state index in [1.807, 2.05) is 0 Å². The van der Waals surface area contributed by atoms with Gasteiger partial charge in [-0.15, -0.1) is 0 Å². The van der Waals surface area contributed by atoms with Crippen LogP contribution in [0.15, 0.2) is 18.2 Å². The Hall–Kier alpha value is -3.10. The molecule has 0 aromatic heterocycles. The molecule has 3 rings (SSSR count). The lowest BCUT2D eigenvalue weighted by Crippen LogP contribution is -2.40. The molecule has 0 bridgehead atoms. The highest BCUT2D eigenvalue weighted by atomic mass is 16.4. The molecule has 2 atom stereocenters. The fourth-order valence-electron chi connectivity index (χ4n) is 3.97. The van der Waals surface area contributed by atoms with Gasteiger partial charge in [0.1, 0.15) is 11.3 Å². The van der Waals surface area contributed by atoms with Crippen molar-refractivity contribution < 1.29 is 34.5 Å². The number of rotatable bonds is 6. The van der Waals surface area contributed by atoms with Crippen molar-refractivity contribution in [2.75, 3.05) is 13.1 Å². The van der Waals surface area contributed by atoms with E-state index in [4.69, 9.17) is 5.11 Å². The second-order valence-corrected chi connectivity index (χ2v) is 6.81. The number of nitrogens with zero attached hydrogens (tertiary/aromatic N) is 1. The van der Waals surface area contributed by atoms with Gasteiger partial charge in [0.15, 0.2) is 0 Å². The van der Waals surface area contributed by atoms with Gasteiger partial charge in [0.2, 0.25) is 5.91 Å². The minimum Gasteiger partial charge on any atom is -0.508 e. The minimum absolute atomic E-state index is 0.0490. The third-order valence-corrected chi connectivity index (χ3v) is 5.32. The van der Waals surface area contributed by atoms with Crippen molar-refractivity contribution in [3.8, 4) is 5.75 Å². The molecule has 1 aliphatic heterocycles. The summed E-state index contributed by atoms with van der Waals surface area (Å²) in [6.07, 6.45) is 2.50. The van der Waals surface area contributed by atoms with Crippen molar-refractivity contribution in [2.45, 2.75) is 31.2 Å². The van der Waals surface area contributed by atoms with Crippen LogP contribution >= 0.6 is 0 Å². The van der Waals surface area contributed by atoms with Crippen LogP contribution in [0.3, 0.4) is 0 Å². The van der Waals surface area contributed by atoms with Gasteiger partial charge in [0.05, 0.1) is 17.0 Å². The third kappa shape index (κ3) is 3.20. The van der Waals surface area contributed by atoms with Crippen LogP contribution in [0.4, 0.5) is 0 Å². The van der Waals surface area contributed by atoms with Crippen LogP contribution in [-0.4, -0.2) is 62.6 Å². The van der Waals surface area contributed by atoms with Gasteiger partial charge in [-0.2, -0.15) is 0 Å². The number of carbonyl (C=O) groups is 4. The monoisotopic (exact) mass is 376 g/mol. The van der Waals surface area contributed by atoms with E-state index in [9.17, 15) is 29.4 Å². The number of amides is 2. The molecule has 9 heteroatoms. The molecule has 2 amide bonds. The Morgan fingerprint density at radius 3 is 2.59 bits per heavy atom.